The predicted molar refractivity (Wildman–Crippen MR) is 63.4 cm³/mol. The maximum absolute atomic E-state index is 11.5. The topological polar surface area (TPSA) is 26.3 Å². The molecule has 0 amide bonds. The van der Waals surface area contributed by atoms with Crippen LogP contribution in [0.25, 0.3) is 0 Å². The summed E-state index contributed by atoms with van der Waals surface area (Å²) < 4.78 is 6.12. The molecule has 0 atom stereocenters. The average Bonchev–Trinajstić information content (AvgIpc) is 2.74. The fourth-order valence-corrected chi connectivity index (χ4v) is 1.92. The van der Waals surface area contributed by atoms with E-state index in [1.165, 1.54) is 11.3 Å². The first-order valence-electron chi connectivity index (χ1n) is 4.27. The lowest BCUT2D eigenvalue weighted by Gasteiger charge is -2.01. The second kappa shape index (κ2) is 4.59. The molecular formula is C11H7BrO2S. The maximum Gasteiger partial charge on any atom is 0.353 e. The summed E-state index contributed by atoms with van der Waals surface area (Å²) >= 11 is 4.68. The Morgan fingerprint density at radius 3 is 2.53 bits per heavy atom. The van der Waals surface area contributed by atoms with E-state index in [1.807, 2.05) is 23.6 Å². The molecule has 0 unspecified atom stereocenters. The molecule has 15 heavy (non-hydrogen) atoms. The number of hydrogen-bond acceptors (Lipinski definition) is 3. The Balaban J connectivity index is 2.09. The lowest BCUT2D eigenvalue weighted by atomic mass is 10.3. The van der Waals surface area contributed by atoms with Gasteiger partial charge in [0.15, 0.2) is 0 Å². The van der Waals surface area contributed by atoms with Crippen molar-refractivity contribution in [2.24, 2.45) is 0 Å². The van der Waals surface area contributed by atoms with Gasteiger partial charge >= 0.3 is 5.97 Å². The van der Waals surface area contributed by atoms with Crippen molar-refractivity contribution >= 4 is 33.2 Å². The van der Waals surface area contributed by atoms with Crippen molar-refractivity contribution < 1.29 is 9.53 Å². The number of rotatable bonds is 2. The van der Waals surface area contributed by atoms with Crippen LogP contribution in [0.4, 0.5) is 0 Å². The Labute approximate surface area is 99.6 Å². The minimum Gasteiger partial charge on any atom is -0.422 e. The Hall–Kier alpha value is -1.13. The van der Waals surface area contributed by atoms with E-state index in [-0.39, 0.29) is 5.97 Å². The van der Waals surface area contributed by atoms with Gasteiger partial charge in [0.25, 0.3) is 0 Å². The van der Waals surface area contributed by atoms with Gasteiger partial charge in [-0.1, -0.05) is 22.0 Å². The van der Waals surface area contributed by atoms with E-state index in [0.717, 1.165) is 4.47 Å². The summed E-state index contributed by atoms with van der Waals surface area (Å²) in [4.78, 5) is 12.1. The van der Waals surface area contributed by atoms with Gasteiger partial charge in [-0.15, -0.1) is 11.3 Å². The molecule has 2 aromatic rings. The lowest BCUT2D eigenvalue weighted by molar-refractivity contribution is 0.0740. The highest BCUT2D eigenvalue weighted by molar-refractivity contribution is 9.10. The zero-order valence-corrected chi connectivity index (χ0v) is 10.0. The maximum atomic E-state index is 11.5. The largest absolute Gasteiger partial charge is 0.422 e. The molecule has 0 aliphatic heterocycles. The Morgan fingerprint density at radius 2 is 1.93 bits per heavy atom. The van der Waals surface area contributed by atoms with Gasteiger partial charge in [-0.05, 0) is 35.7 Å². The van der Waals surface area contributed by atoms with Crippen molar-refractivity contribution in [3.05, 3.63) is 51.1 Å². The number of thiophene rings is 1. The third kappa shape index (κ3) is 2.67. The van der Waals surface area contributed by atoms with Gasteiger partial charge in [0, 0.05) is 4.47 Å². The second-order valence-electron chi connectivity index (χ2n) is 2.82. The average molecular weight is 283 g/mol. The van der Waals surface area contributed by atoms with Gasteiger partial charge in [0.1, 0.15) is 10.6 Å². The molecule has 2 rings (SSSR count). The number of esters is 1. The standard InChI is InChI=1S/C11H7BrO2S/c12-8-3-5-9(6-4-8)14-11(13)10-2-1-7-15-10/h1-7H. The quantitative estimate of drug-likeness (QED) is 0.620. The van der Waals surface area contributed by atoms with Crippen LogP contribution >= 0.6 is 27.3 Å². The molecular weight excluding hydrogens is 276 g/mol. The molecule has 1 aromatic heterocycles. The molecule has 0 N–H and O–H groups in total. The molecule has 1 aromatic carbocycles. The summed E-state index contributed by atoms with van der Waals surface area (Å²) in [6.45, 7) is 0. The first-order valence-corrected chi connectivity index (χ1v) is 5.94. The molecule has 2 nitrogen and oxygen atoms in total. The van der Waals surface area contributed by atoms with Crippen LogP contribution in [0.1, 0.15) is 9.67 Å². The van der Waals surface area contributed by atoms with Gasteiger partial charge in [0.2, 0.25) is 0 Å². The van der Waals surface area contributed by atoms with E-state index in [9.17, 15) is 4.79 Å². The van der Waals surface area contributed by atoms with Crippen LogP contribution < -0.4 is 4.74 Å². The Bertz CT molecular complexity index is 448. The summed E-state index contributed by atoms with van der Waals surface area (Å²) in [5.41, 5.74) is 0. The zero-order chi connectivity index (χ0) is 10.7. The van der Waals surface area contributed by atoms with Crippen LogP contribution in [0.5, 0.6) is 5.75 Å². The highest BCUT2D eigenvalue weighted by Crippen LogP contribution is 2.18. The summed E-state index contributed by atoms with van der Waals surface area (Å²) in [5, 5.41) is 1.85. The molecule has 0 aliphatic rings. The van der Waals surface area contributed by atoms with Crippen LogP contribution in [0.15, 0.2) is 46.3 Å². The number of benzene rings is 1. The normalized spacial score (nSPS) is 9.93. The first kappa shape index (κ1) is 10.4. The number of carbonyl (C=O) groups is 1. The highest BCUT2D eigenvalue weighted by Gasteiger charge is 2.08. The lowest BCUT2D eigenvalue weighted by Crippen LogP contribution is -2.05. The monoisotopic (exact) mass is 282 g/mol. The second-order valence-corrected chi connectivity index (χ2v) is 4.68. The SMILES string of the molecule is O=C(Oc1ccc(Br)cc1)c1cccs1. The summed E-state index contributed by atoms with van der Waals surface area (Å²) in [5.74, 6) is 0.240. The Kier molecular flexibility index (Phi) is 3.18. The van der Waals surface area contributed by atoms with Crippen LogP contribution in [0.3, 0.4) is 0 Å². The fourth-order valence-electron chi connectivity index (χ4n) is 1.05. The van der Waals surface area contributed by atoms with Crippen LogP contribution in [0, 0.1) is 0 Å². The molecule has 76 valence electrons. The van der Waals surface area contributed by atoms with E-state index in [4.69, 9.17) is 4.74 Å². The predicted octanol–water partition coefficient (Wildman–Crippen LogP) is 3.73. The van der Waals surface area contributed by atoms with E-state index < -0.39 is 0 Å². The molecule has 0 bridgehead atoms. The van der Waals surface area contributed by atoms with Crippen molar-refractivity contribution in [3.63, 3.8) is 0 Å². The van der Waals surface area contributed by atoms with Crippen molar-refractivity contribution in [3.8, 4) is 5.75 Å². The summed E-state index contributed by atoms with van der Waals surface area (Å²) in [6, 6.07) is 10.7. The summed E-state index contributed by atoms with van der Waals surface area (Å²) in [7, 11) is 0. The molecule has 0 radical (unpaired) electrons. The first-order chi connectivity index (χ1) is 7.25. The van der Waals surface area contributed by atoms with Crippen molar-refractivity contribution in [2.75, 3.05) is 0 Å². The van der Waals surface area contributed by atoms with Gasteiger partial charge < -0.3 is 4.74 Å². The number of halogens is 1. The van der Waals surface area contributed by atoms with Crippen LogP contribution in [-0.4, -0.2) is 5.97 Å². The van der Waals surface area contributed by atoms with Gasteiger partial charge in [-0.3, -0.25) is 0 Å². The molecule has 0 fully saturated rings. The molecule has 1 heterocycles. The molecule has 0 saturated heterocycles. The van der Waals surface area contributed by atoms with Crippen molar-refractivity contribution in [1.82, 2.24) is 0 Å². The smallest absolute Gasteiger partial charge is 0.353 e. The van der Waals surface area contributed by atoms with E-state index in [1.54, 1.807) is 18.2 Å². The minimum absolute atomic E-state index is 0.313. The van der Waals surface area contributed by atoms with Gasteiger partial charge in [-0.25, -0.2) is 4.79 Å². The number of ether oxygens (including phenoxy) is 1. The van der Waals surface area contributed by atoms with Gasteiger partial charge in [-0.2, -0.15) is 0 Å². The fraction of sp³-hybridized carbons (Fsp3) is 0. The van der Waals surface area contributed by atoms with Crippen LogP contribution in [-0.2, 0) is 0 Å². The van der Waals surface area contributed by atoms with E-state index >= 15 is 0 Å². The molecule has 0 spiro atoms. The third-order valence-corrected chi connectivity index (χ3v) is 3.13. The van der Waals surface area contributed by atoms with Crippen LogP contribution in [0.2, 0.25) is 0 Å². The zero-order valence-electron chi connectivity index (χ0n) is 7.64. The van der Waals surface area contributed by atoms with E-state index in [0.29, 0.717) is 10.6 Å². The number of carbonyl (C=O) groups excluding carboxylic acids is 1. The molecule has 0 aliphatic carbocycles. The minimum atomic E-state index is -0.313. The highest BCUT2D eigenvalue weighted by atomic mass is 79.9. The Morgan fingerprint density at radius 1 is 1.20 bits per heavy atom. The van der Waals surface area contributed by atoms with Crippen molar-refractivity contribution in [1.29, 1.82) is 0 Å². The van der Waals surface area contributed by atoms with Gasteiger partial charge in [0.05, 0.1) is 0 Å². The molecule has 4 heteroatoms. The van der Waals surface area contributed by atoms with Crippen molar-refractivity contribution in [2.45, 2.75) is 0 Å². The van der Waals surface area contributed by atoms with E-state index in [2.05, 4.69) is 15.9 Å². The summed E-state index contributed by atoms with van der Waals surface area (Å²) in [6.07, 6.45) is 0. The third-order valence-electron chi connectivity index (χ3n) is 1.75. The molecule has 0 saturated carbocycles. The number of hydrogen-bond donors (Lipinski definition) is 0.